The molecule has 0 saturated carbocycles. The minimum Gasteiger partial charge on any atom is -0.357 e. The number of rotatable bonds is 1. The molecule has 2 aliphatic heterocycles. The Morgan fingerprint density at radius 1 is 1.25 bits per heavy atom. The molecular weight excluding hydrogens is 259 g/mol. The minimum atomic E-state index is -0.396. The molecule has 2 aliphatic rings. The lowest BCUT2D eigenvalue weighted by molar-refractivity contribution is 0.0906. The van der Waals surface area contributed by atoms with Gasteiger partial charge in [0.15, 0.2) is 5.82 Å². The number of nitrogens with one attached hydrogen (secondary N) is 3. The summed E-state index contributed by atoms with van der Waals surface area (Å²) in [7, 11) is 0. The number of halogens is 1. The maximum absolute atomic E-state index is 13.8. The van der Waals surface area contributed by atoms with Crippen molar-refractivity contribution in [1.82, 2.24) is 20.6 Å². The monoisotopic (exact) mass is 272 g/mol. The van der Waals surface area contributed by atoms with E-state index < -0.39 is 5.82 Å². The molecule has 102 valence electrons. The molecule has 1 spiro atoms. The van der Waals surface area contributed by atoms with Crippen LogP contribution in [0.5, 0.6) is 0 Å². The van der Waals surface area contributed by atoms with Gasteiger partial charge < -0.3 is 15.6 Å². The van der Waals surface area contributed by atoms with E-state index in [0.29, 0.717) is 23.4 Å². The van der Waals surface area contributed by atoms with Crippen LogP contribution >= 0.6 is 0 Å². The third-order valence-corrected chi connectivity index (χ3v) is 4.17. The van der Waals surface area contributed by atoms with E-state index in [9.17, 15) is 9.18 Å². The summed E-state index contributed by atoms with van der Waals surface area (Å²) >= 11 is 0. The highest BCUT2D eigenvalue weighted by Gasteiger charge is 2.45. The number of fused-ring (bicyclic) bond motifs is 2. The fraction of sp³-hybridized carbons (Fsp3) is 0.286. The Bertz CT molecular complexity index is 705. The number of carbonyl (C=O) groups is 1. The molecule has 0 unspecified atom stereocenters. The second-order valence-electron chi connectivity index (χ2n) is 5.39. The van der Waals surface area contributed by atoms with Crippen LogP contribution in [0, 0.1) is 5.82 Å². The Morgan fingerprint density at radius 3 is 2.80 bits per heavy atom. The number of H-pyrrole nitrogens is 1. The Morgan fingerprint density at radius 2 is 2.10 bits per heavy atom. The zero-order valence-corrected chi connectivity index (χ0v) is 10.7. The van der Waals surface area contributed by atoms with Gasteiger partial charge in [-0.25, -0.2) is 4.39 Å². The van der Waals surface area contributed by atoms with Crippen LogP contribution in [-0.2, 0) is 5.41 Å². The summed E-state index contributed by atoms with van der Waals surface area (Å²) in [5.41, 5.74) is 2.50. The molecule has 2 aromatic heterocycles. The van der Waals surface area contributed by atoms with Crippen LogP contribution in [0.2, 0.25) is 0 Å². The van der Waals surface area contributed by atoms with Crippen molar-refractivity contribution in [1.29, 1.82) is 0 Å². The Balaban J connectivity index is 1.87. The first-order valence-electron chi connectivity index (χ1n) is 6.52. The van der Waals surface area contributed by atoms with Crippen LogP contribution in [0.4, 0.5) is 4.39 Å². The van der Waals surface area contributed by atoms with Gasteiger partial charge in [-0.15, -0.1) is 0 Å². The van der Waals surface area contributed by atoms with Crippen LogP contribution < -0.4 is 10.6 Å². The van der Waals surface area contributed by atoms with Gasteiger partial charge in [0.1, 0.15) is 0 Å². The summed E-state index contributed by atoms with van der Waals surface area (Å²) in [5.74, 6) is -0.498. The minimum absolute atomic E-state index is 0.0784. The number of aromatic nitrogens is 2. The van der Waals surface area contributed by atoms with Gasteiger partial charge >= 0.3 is 0 Å². The van der Waals surface area contributed by atoms with Gasteiger partial charge in [0.05, 0.1) is 17.2 Å². The van der Waals surface area contributed by atoms with Crippen LogP contribution in [0.15, 0.2) is 24.5 Å². The van der Waals surface area contributed by atoms with E-state index in [1.54, 1.807) is 18.3 Å². The van der Waals surface area contributed by atoms with E-state index in [2.05, 4.69) is 20.6 Å². The highest BCUT2D eigenvalue weighted by molar-refractivity contribution is 5.98. The van der Waals surface area contributed by atoms with Crippen LogP contribution in [0.1, 0.15) is 16.1 Å². The van der Waals surface area contributed by atoms with Gasteiger partial charge in [-0.3, -0.25) is 9.78 Å². The Kier molecular flexibility index (Phi) is 2.26. The van der Waals surface area contributed by atoms with Crippen molar-refractivity contribution in [3.63, 3.8) is 0 Å². The zero-order valence-electron chi connectivity index (χ0n) is 10.7. The van der Waals surface area contributed by atoms with Crippen molar-refractivity contribution < 1.29 is 9.18 Å². The molecule has 4 heterocycles. The van der Waals surface area contributed by atoms with Crippen molar-refractivity contribution in [3.05, 3.63) is 41.6 Å². The lowest BCUT2D eigenvalue weighted by Gasteiger charge is -2.44. The summed E-state index contributed by atoms with van der Waals surface area (Å²) in [5, 5.41) is 6.14. The molecule has 20 heavy (non-hydrogen) atoms. The molecule has 1 saturated heterocycles. The summed E-state index contributed by atoms with van der Waals surface area (Å²) < 4.78 is 13.8. The average Bonchev–Trinajstić information content (AvgIpc) is 2.84. The van der Waals surface area contributed by atoms with Gasteiger partial charge in [-0.05, 0) is 12.1 Å². The lowest BCUT2D eigenvalue weighted by atomic mass is 9.75. The first kappa shape index (κ1) is 11.6. The number of amides is 1. The zero-order chi connectivity index (χ0) is 13.7. The second-order valence-corrected chi connectivity index (χ2v) is 5.39. The first-order valence-corrected chi connectivity index (χ1v) is 6.52. The molecule has 0 aromatic carbocycles. The van der Waals surface area contributed by atoms with Gasteiger partial charge in [0.2, 0.25) is 0 Å². The number of aromatic amines is 1. The molecule has 0 atom stereocenters. The van der Waals surface area contributed by atoms with Gasteiger partial charge in [-0.2, -0.15) is 0 Å². The van der Waals surface area contributed by atoms with Crippen molar-refractivity contribution in [2.45, 2.75) is 5.41 Å². The molecule has 0 radical (unpaired) electrons. The maximum Gasteiger partial charge on any atom is 0.253 e. The highest BCUT2D eigenvalue weighted by atomic mass is 19.1. The van der Waals surface area contributed by atoms with Crippen molar-refractivity contribution in [2.75, 3.05) is 19.6 Å². The quantitative estimate of drug-likeness (QED) is 0.719. The first-order chi connectivity index (χ1) is 9.70. The number of hydrogen-bond donors (Lipinski definition) is 3. The summed E-state index contributed by atoms with van der Waals surface area (Å²) in [6.07, 6.45) is 2.72. The molecule has 3 N–H and O–H groups in total. The Labute approximate surface area is 114 Å². The van der Waals surface area contributed by atoms with E-state index in [-0.39, 0.29) is 11.3 Å². The van der Waals surface area contributed by atoms with E-state index in [0.717, 1.165) is 18.8 Å². The smallest absolute Gasteiger partial charge is 0.253 e. The summed E-state index contributed by atoms with van der Waals surface area (Å²) in [6, 6.07) is 3.33. The van der Waals surface area contributed by atoms with Crippen molar-refractivity contribution in [2.24, 2.45) is 0 Å². The van der Waals surface area contributed by atoms with Crippen LogP contribution in [0.25, 0.3) is 11.3 Å². The predicted molar refractivity (Wildman–Crippen MR) is 70.9 cm³/mol. The van der Waals surface area contributed by atoms with Gasteiger partial charge in [-0.1, -0.05) is 0 Å². The third kappa shape index (κ3) is 1.45. The number of carbonyl (C=O) groups excluding carboxylic acids is 1. The van der Waals surface area contributed by atoms with E-state index in [1.165, 1.54) is 6.20 Å². The van der Waals surface area contributed by atoms with Gasteiger partial charge in [0.25, 0.3) is 5.91 Å². The topological polar surface area (TPSA) is 69.8 Å². The Hall–Kier alpha value is -2.21. The molecule has 0 aliphatic carbocycles. The van der Waals surface area contributed by atoms with E-state index in [4.69, 9.17) is 0 Å². The summed E-state index contributed by atoms with van der Waals surface area (Å²) in [6.45, 7) is 2.25. The number of pyridine rings is 1. The number of hydrogen-bond acceptors (Lipinski definition) is 3. The second kappa shape index (κ2) is 3.89. The SMILES string of the molecule is O=C1NCC2(CNC2)c2[nH]c(-c3ccncc3F)cc21. The molecule has 5 nitrogen and oxygen atoms in total. The molecule has 4 rings (SSSR count). The van der Waals surface area contributed by atoms with Crippen molar-refractivity contribution >= 4 is 5.91 Å². The molecule has 1 amide bonds. The van der Waals surface area contributed by atoms with Crippen molar-refractivity contribution in [3.8, 4) is 11.3 Å². The lowest BCUT2D eigenvalue weighted by Crippen LogP contribution is -2.64. The fourth-order valence-electron chi connectivity index (χ4n) is 2.95. The van der Waals surface area contributed by atoms with Crippen LogP contribution in [-0.4, -0.2) is 35.5 Å². The number of nitrogens with zero attached hydrogens (tertiary/aromatic N) is 1. The maximum atomic E-state index is 13.8. The normalized spacial score (nSPS) is 19.4. The van der Waals surface area contributed by atoms with E-state index >= 15 is 0 Å². The molecule has 0 bridgehead atoms. The fourth-order valence-corrected chi connectivity index (χ4v) is 2.95. The third-order valence-electron chi connectivity index (χ3n) is 4.17. The summed E-state index contributed by atoms with van der Waals surface area (Å²) in [4.78, 5) is 19.0. The van der Waals surface area contributed by atoms with Gasteiger partial charge in [0, 0.05) is 42.8 Å². The molecular formula is C14H13FN4O. The standard InChI is InChI=1S/C14H13FN4O/c15-10-4-16-2-1-8(10)11-3-9-12(19-11)14(5-17-6-14)7-18-13(9)20/h1-4,17,19H,5-7H2,(H,18,20). The highest BCUT2D eigenvalue weighted by Crippen LogP contribution is 2.36. The molecule has 1 fully saturated rings. The van der Waals surface area contributed by atoms with E-state index in [1.807, 2.05) is 0 Å². The molecule has 2 aromatic rings. The average molecular weight is 272 g/mol. The predicted octanol–water partition coefficient (Wildman–Crippen LogP) is 0.800. The molecule has 6 heteroatoms. The largest absolute Gasteiger partial charge is 0.357 e. The van der Waals surface area contributed by atoms with Crippen LogP contribution in [0.3, 0.4) is 0 Å².